The van der Waals surface area contributed by atoms with E-state index in [1.165, 1.54) is 5.56 Å². The molecular formula is C23H26N2O2S. The highest BCUT2D eigenvalue weighted by atomic mass is 32.1. The van der Waals surface area contributed by atoms with E-state index >= 15 is 0 Å². The standard InChI is InChI=1S/C23H26N2O2S/c1-24-15-14-21(22-12-7-17-28-22)27-20-11-6-5-10-19(20)23(26)25-16-13-18-8-3-2-4-9-18/h2-12,17,21,24H,13-16H2,1H3,(H,25,26). The number of hydrogen-bond acceptors (Lipinski definition) is 4. The molecule has 0 saturated heterocycles. The predicted octanol–water partition coefficient (Wildman–Crippen LogP) is 4.45. The summed E-state index contributed by atoms with van der Waals surface area (Å²) in [5, 5.41) is 8.23. The molecule has 0 spiro atoms. The van der Waals surface area contributed by atoms with E-state index < -0.39 is 0 Å². The van der Waals surface area contributed by atoms with E-state index in [9.17, 15) is 4.79 Å². The molecule has 4 nitrogen and oxygen atoms in total. The Bertz CT molecular complexity index is 850. The van der Waals surface area contributed by atoms with Gasteiger partial charge in [-0.2, -0.15) is 0 Å². The van der Waals surface area contributed by atoms with Crippen molar-refractivity contribution in [3.8, 4) is 5.75 Å². The van der Waals surface area contributed by atoms with Crippen LogP contribution in [0.1, 0.15) is 33.3 Å². The minimum Gasteiger partial charge on any atom is -0.484 e. The normalized spacial score (nSPS) is 11.8. The third-order valence-corrected chi connectivity index (χ3v) is 5.42. The first-order chi connectivity index (χ1) is 13.8. The molecule has 0 aliphatic carbocycles. The molecule has 0 aliphatic heterocycles. The van der Waals surface area contributed by atoms with E-state index in [1.54, 1.807) is 11.3 Å². The van der Waals surface area contributed by atoms with Crippen LogP contribution >= 0.6 is 11.3 Å². The van der Waals surface area contributed by atoms with Crippen molar-refractivity contribution in [2.75, 3.05) is 20.1 Å². The minimum absolute atomic E-state index is 0.0780. The summed E-state index contributed by atoms with van der Waals surface area (Å²) in [6, 6.07) is 21.7. The lowest BCUT2D eigenvalue weighted by Gasteiger charge is -2.20. The first-order valence-electron chi connectivity index (χ1n) is 9.53. The van der Waals surface area contributed by atoms with Crippen molar-refractivity contribution in [2.24, 2.45) is 0 Å². The number of para-hydroxylation sites is 1. The zero-order valence-corrected chi connectivity index (χ0v) is 16.9. The van der Waals surface area contributed by atoms with Crippen molar-refractivity contribution in [3.05, 3.63) is 88.1 Å². The maximum atomic E-state index is 12.7. The predicted molar refractivity (Wildman–Crippen MR) is 115 cm³/mol. The Balaban J connectivity index is 1.66. The highest BCUT2D eigenvalue weighted by Gasteiger charge is 2.18. The lowest BCUT2D eigenvalue weighted by molar-refractivity contribution is 0.0946. The monoisotopic (exact) mass is 394 g/mol. The smallest absolute Gasteiger partial charge is 0.255 e. The number of nitrogens with one attached hydrogen (secondary N) is 2. The van der Waals surface area contributed by atoms with Crippen LogP contribution in [-0.2, 0) is 6.42 Å². The Labute approximate surface area is 170 Å². The zero-order valence-electron chi connectivity index (χ0n) is 16.1. The molecule has 0 aliphatic rings. The Hall–Kier alpha value is -2.63. The highest BCUT2D eigenvalue weighted by Crippen LogP contribution is 2.30. The van der Waals surface area contributed by atoms with Crippen molar-refractivity contribution in [3.63, 3.8) is 0 Å². The molecule has 3 aromatic rings. The molecule has 3 rings (SSSR count). The molecule has 1 unspecified atom stereocenters. The van der Waals surface area contributed by atoms with E-state index in [2.05, 4.69) is 28.8 Å². The Morgan fingerprint density at radius 1 is 1.00 bits per heavy atom. The number of thiophene rings is 1. The Morgan fingerprint density at radius 3 is 2.54 bits per heavy atom. The fourth-order valence-electron chi connectivity index (χ4n) is 2.98. The second kappa shape index (κ2) is 10.6. The molecule has 1 amide bonds. The molecule has 1 heterocycles. The number of ether oxygens (including phenoxy) is 1. The van der Waals surface area contributed by atoms with Gasteiger partial charge in [-0.25, -0.2) is 0 Å². The van der Waals surface area contributed by atoms with Crippen LogP contribution in [0.15, 0.2) is 72.1 Å². The summed E-state index contributed by atoms with van der Waals surface area (Å²) >= 11 is 1.67. The van der Waals surface area contributed by atoms with Gasteiger partial charge in [-0.1, -0.05) is 48.5 Å². The summed E-state index contributed by atoms with van der Waals surface area (Å²) in [6.45, 7) is 1.43. The number of amides is 1. The van der Waals surface area contributed by atoms with Gasteiger partial charge in [-0.15, -0.1) is 11.3 Å². The van der Waals surface area contributed by atoms with Gasteiger partial charge in [0.15, 0.2) is 0 Å². The van der Waals surface area contributed by atoms with Crippen LogP contribution in [0.4, 0.5) is 0 Å². The molecule has 5 heteroatoms. The topological polar surface area (TPSA) is 50.4 Å². The van der Waals surface area contributed by atoms with Crippen LogP contribution in [0.25, 0.3) is 0 Å². The molecular weight excluding hydrogens is 368 g/mol. The van der Waals surface area contributed by atoms with Crippen LogP contribution in [-0.4, -0.2) is 26.0 Å². The molecule has 0 bridgehead atoms. The van der Waals surface area contributed by atoms with Gasteiger partial charge in [0.25, 0.3) is 5.91 Å². The van der Waals surface area contributed by atoms with Crippen LogP contribution in [0, 0.1) is 0 Å². The van der Waals surface area contributed by atoms with Gasteiger partial charge in [0.05, 0.1) is 5.56 Å². The Morgan fingerprint density at radius 2 is 1.79 bits per heavy atom. The molecule has 1 aromatic heterocycles. The second-order valence-corrected chi connectivity index (χ2v) is 7.48. The van der Waals surface area contributed by atoms with Crippen molar-refractivity contribution >= 4 is 17.2 Å². The van der Waals surface area contributed by atoms with Crippen LogP contribution in [0.5, 0.6) is 5.75 Å². The van der Waals surface area contributed by atoms with Crippen molar-refractivity contribution in [1.29, 1.82) is 0 Å². The second-order valence-electron chi connectivity index (χ2n) is 6.50. The minimum atomic E-state index is -0.106. The molecule has 0 fully saturated rings. The van der Waals surface area contributed by atoms with E-state index in [1.807, 2.05) is 61.0 Å². The van der Waals surface area contributed by atoms with Crippen molar-refractivity contribution < 1.29 is 9.53 Å². The average molecular weight is 395 g/mol. The van der Waals surface area contributed by atoms with Gasteiger partial charge >= 0.3 is 0 Å². The zero-order chi connectivity index (χ0) is 19.6. The lowest BCUT2D eigenvalue weighted by Crippen LogP contribution is -2.26. The first kappa shape index (κ1) is 20.1. The summed E-state index contributed by atoms with van der Waals surface area (Å²) < 4.78 is 6.29. The fraction of sp³-hybridized carbons (Fsp3) is 0.261. The molecule has 0 saturated carbocycles. The molecule has 28 heavy (non-hydrogen) atoms. The van der Waals surface area contributed by atoms with Gasteiger partial charge < -0.3 is 15.4 Å². The maximum absolute atomic E-state index is 12.7. The summed E-state index contributed by atoms with van der Waals surface area (Å²) in [4.78, 5) is 13.9. The summed E-state index contributed by atoms with van der Waals surface area (Å²) in [7, 11) is 1.93. The lowest BCUT2D eigenvalue weighted by atomic mass is 10.1. The number of carbonyl (C=O) groups excluding carboxylic acids is 1. The molecule has 0 radical (unpaired) electrons. The number of rotatable bonds is 10. The van der Waals surface area contributed by atoms with Crippen molar-refractivity contribution in [2.45, 2.75) is 18.9 Å². The number of carbonyl (C=O) groups is 1. The van der Waals surface area contributed by atoms with Gasteiger partial charge in [0, 0.05) is 17.8 Å². The Kier molecular flexibility index (Phi) is 7.64. The summed E-state index contributed by atoms with van der Waals surface area (Å²) in [6.07, 6.45) is 1.56. The fourth-order valence-corrected chi connectivity index (χ4v) is 3.77. The summed E-state index contributed by atoms with van der Waals surface area (Å²) in [5.41, 5.74) is 1.78. The van der Waals surface area contributed by atoms with Gasteiger partial charge in [0.1, 0.15) is 11.9 Å². The SMILES string of the molecule is CNCCC(Oc1ccccc1C(=O)NCCc1ccccc1)c1cccs1. The van der Waals surface area contributed by atoms with Crippen molar-refractivity contribution in [1.82, 2.24) is 10.6 Å². The summed E-state index contributed by atoms with van der Waals surface area (Å²) in [5.74, 6) is 0.513. The molecule has 2 aromatic carbocycles. The quantitative estimate of drug-likeness (QED) is 0.534. The van der Waals surface area contributed by atoms with Gasteiger partial charge in [-0.3, -0.25) is 4.79 Å². The number of benzene rings is 2. The van der Waals surface area contributed by atoms with Crippen LogP contribution < -0.4 is 15.4 Å². The van der Waals surface area contributed by atoms with E-state index in [-0.39, 0.29) is 12.0 Å². The molecule has 146 valence electrons. The maximum Gasteiger partial charge on any atom is 0.255 e. The third-order valence-electron chi connectivity index (χ3n) is 4.46. The van der Waals surface area contributed by atoms with E-state index in [4.69, 9.17) is 4.74 Å². The van der Waals surface area contributed by atoms with Crippen LogP contribution in [0.3, 0.4) is 0 Å². The van der Waals surface area contributed by atoms with E-state index in [0.717, 1.165) is 24.3 Å². The average Bonchev–Trinajstić information content (AvgIpc) is 3.27. The highest BCUT2D eigenvalue weighted by molar-refractivity contribution is 7.10. The molecule has 1 atom stereocenters. The largest absolute Gasteiger partial charge is 0.484 e. The van der Waals surface area contributed by atoms with E-state index in [0.29, 0.717) is 17.9 Å². The van der Waals surface area contributed by atoms with Gasteiger partial charge in [-0.05, 0) is 49.2 Å². The molecule has 2 N–H and O–H groups in total. The number of hydrogen-bond donors (Lipinski definition) is 2. The van der Waals surface area contributed by atoms with Gasteiger partial charge in [0.2, 0.25) is 0 Å². The van der Waals surface area contributed by atoms with Crippen LogP contribution in [0.2, 0.25) is 0 Å². The third kappa shape index (κ3) is 5.68. The first-order valence-corrected chi connectivity index (χ1v) is 10.4.